The first kappa shape index (κ1) is 14.0. The van der Waals surface area contributed by atoms with Gasteiger partial charge in [-0.1, -0.05) is 20.4 Å². The van der Waals surface area contributed by atoms with Crippen molar-refractivity contribution in [1.29, 1.82) is 0 Å². The largest absolute Gasteiger partial charge is 0.258 e. The predicted molar refractivity (Wildman–Crippen MR) is 86.9 cm³/mol. The lowest BCUT2D eigenvalue weighted by atomic mass is 9.75. The Morgan fingerprint density at radius 3 is 2.57 bits per heavy atom. The summed E-state index contributed by atoms with van der Waals surface area (Å²) in [6, 6.07) is 8.62. The summed E-state index contributed by atoms with van der Waals surface area (Å²) >= 11 is 0. The molecule has 0 saturated heterocycles. The molecule has 0 aliphatic carbocycles. The van der Waals surface area contributed by atoms with Crippen LogP contribution in [0.4, 0.5) is 0 Å². The average molecular weight is 279 g/mol. The Balaban J connectivity index is 2.44. The third kappa shape index (κ3) is 1.78. The second-order valence-electron chi connectivity index (χ2n) is 5.94. The highest BCUT2D eigenvalue weighted by molar-refractivity contribution is 5.84. The molecule has 1 aliphatic heterocycles. The van der Waals surface area contributed by atoms with Crippen LogP contribution < -0.4 is 4.57 Å². The maximum absolute atomic E-state index is 4.67. The molecule has 2 aromatic rings. The summed E-state index contributed by atoms with van der Waals surface area (Å²) in [7, 11) is 0. The Labute approximate surface area is 127 Å². The third-order valence-corrected chi connectivity index (χ3v) is 4.96. The normalized spacial score (nSPS) is 15.5. The first-order valence-electron chi connectivity index (χ1n) is 7.74. The zero-order chi connectivity index (χ0) is 15.2. The molecule has 0 saturated carbocycles. The minimum atomic E-state index is -0.0240. The van der Waals surface area contributed by atoms with E-state index < -0.39 is 0 Å². The van der Waals surface area contributed by atoms with Crippen molar-refractivity contribution in [1.82, 2.24) is 4.98 Å². The van der Waals surface area contributed by atoms with Crippen LogP contribution in [-0.4, -0.2) is 4.98 Å². The van der Waals surface area contributed by atoms with Crippen LogP contribution in [0.2, 0.25) is 0 Å². The van der Waals surface area contributed by atoms with E-state index in [1.165, 1.54) is 22.4 Å². The van der Waals surface area contributed by atoms with E-state index >= 15 is 0 Å². The zero-order valence-corrected chi connectivity index (χ0v) is 13.4. The molecule has 3 rings (SSSR count). The van der Waals surface area contributed by atoms with Gasteiger partial charge in [0.25, 0.3) is 0 Å². The van der Waals surface area contributed by atoms with E-state index in [-0.39, 0.29) is 5.54 Å². The van der Waals surface area contributed by atoms with Crippen LogP contribution in [0.3, 0.4) is 0 Å². The Morgan fingerprint density at radius 1 is 1.19 bits per heavy atom. The van der Waals surface area contributed by atoms with Crippen LogP contribution >= 0.6 is 0 Å². The van der Waals surface area contributed by atoms with E-state index in [9.17, 15) is 0 Å². The second kappa shape index (κ2) is 4.80. The smallest absolute Gasteiger partial charge is 0.215 e. The number of hydrogen-bond acceptors (Lipinski definition) is 1. The van der Waals surface area contributed by atoms with E-state index in [1.807, 2.05) is 0 Å². The van der Waals surface area contributed by atoms with E-state index in [0.29, 0.717) is 0 Å². The Kier molecular flexibility index (Phi) is 3.20. The Morgan fingerprint density at radius 2 is 1.90 bits per heavy atom. The lowest BCUT2D eigenvalue weighted by Crippen LogP contribution is -2.59. The summed E-state index contributed by atoms with van der Waals surface area (Å²) in [5, 5.41) is 0. The molecule has 0 radical (unpaired) electrons. The van der Waals surface area contributed by atoms with Gasteiger partial charge >= 0.3 is 0 Å². The molecule has 0 atom stereocenters. The van der Waals surface area contributed by atoms with Crippen LogP contribution in [0.15, 0.2) is 37.0 Å². The van der Waals surface area contributed by atoms with Crippen molar-refractivity contribution >= 4 is 5.57 Å². The average Bonchev–Trinajstić information content (AvgIpc) is 2.48. The summed E-state index contributed by atoms with van der Waals surface area (Å²) in [4.78, 5) is 4.67. The molecule has 108 valence electrons. The molecule has 2 heteroatoms. The van der Waals surface area contributed by atoms with Crippen LogP contribution in [0.25, 0.3) is 16.8 Å². The van der Waals surface area contributed by atoms with Crippen molar-refractivity contribution in [2.45, 2.75) is 46.1 Å². The molecule has 3 heterocycles. The number of fused-ring (bicyclic) bond motifs is 3. The summed E-state index contributed by atoms with van der Waals surface area (Å²) in [6.45, 7) is 13.2. The molecule has 0 N–H and O–H groups in total. The first-order valence-corrected chi connectivity index (χ1v) is 7.74. The fourth-order valence-electron chi connectivity index (χ4n) is 3.82. The SMILES string of the molecule is C=C1c2cc(C)nc(C)c2-c2cccc[n+]2C1(CC)CC. The van der Waals surface area contributed by atoms with Gasteiger partial charge in [0.05, 0.1) is 11.3 Å². The standard InChI is InChI=1S/C19H23N2/c1-6-19(7-2)14(4)16-12-13(3)20-15(5)18(16)17-10-8-9-11-21(17)19/h8-12H,4,6-7H2,1-3,5H3/q+1. The highest BCUT2D eigenvalue weighted by atomic mass is 15.1. The molecule has 0 unspecified atom stereocenters. The van der Waals surface area contributed by atoms with Gasteiger partial charge in [-0.05, 0) is 26.0 Å². The highest BCUT2D eigenvalue weighted by Gasteiger charge is 2.47. The third-order valence-electron chi connectivity index (χ3n) is 4.96. The fourth-order valence-corrected chi connectivity index (χ4v) is 3.82. The molecule has 2 aromatic heterocycles. The first-order chi connectivity index (χ1) is 10.0. The monoisotopic (exact) mass is 279 g/mol. The molecular weight excluding hydrogens is 256 g/mol. The van der Waals surface area contributed by atoms with Gasteiger partial charge < -0.3 is 0 Å². The van der Waals surface area contributed by atoms with Gasteiger partial charge in [0, 0.05) is 41.8 Å². The van der Waals surface area contributed by atoms with E-state index in [0.717, 1.165) is 24.2 Å². The number of allylic oxidation sites excluding steroid dienone is 1. The number of nitrogens with zero attached hydrogens (tertiary/aromatic N) is 2. The lowest BCUT2D eigenvalue weighted by molar-refractivity contribution is -0.741. The van der Waals surface area contributed by atoms with Crippen LogP contribution in [-0.2, 0) is 5.54 Å². The quantitative estimate of drug-likeness (QED) is 0.753. The fraction of sp³-hybridized carbons (Fsp3) is 0.368. The van der Waals surface area contributed by atoms with Gasteiger partial charge in [-0.3, -0.25) is 4.98 Å². The molecule has 2 nitrogen and oxygen atoms in total. The van der Waals surface area contributed by atoms with Crippen molar-refractivity contribution < 1.29 is 4.57 Å². The maximum Gasteiger partial charge on any atom is 0.215 e. The number of pyridine rings is 2. The van der Waals surface area contributed by atoms with Gasteiger partial charge in [0.15, 0.2) is 11.7 Å². The van der Waals surface area contributed by atoms with Crippen LogP contribution in [0.1, 0.15) is 43.6 Å². The minimum Gasteiger partial charge on any atom is -0.258 e. The number of rotatable bonds is 2. The number of aromatic nitrogens is 2. The van der Waals surface area contributed by atoms with Gasteiger partial charge in [0.2, 0.25) is 5.69 Å². The zero-order valence-electron chi connectivity index (χ0n) is 13.4. The van der Waals surface area contributed by atoms with E-state index in [1.54, 1.807) is 0 Å². The predicted octanol–water partition coefficient (Wildman–Crippen LogP) is 4.20. The molecule has 0 spiro atoms. The molecule has 0 fully saturated rings. The van der Waals surface area contributed by atoms with Crippen LogP contribution in [0, 0.1) is 13.8 Å². The van der Waals surface area contributed by atoms with E-state index in [2.05, 4.69) is 74.3 Å². The van der Waals surface area contributed by atoms with E-state index in [4.69, 9.17) is 0 Å². The van der Waals surface area contributed by atoms with Gasteiger partial charge in [0.1, 0.15) is 0 Å². The summed E-state index contributed by atoms with van der Waals surface area (Å²) in [6.07, 6.45) is 4.28. The molecule has 0 aromatic carbocycles. The maximum atomic E-state index is 4.67. The van der Waals surface area contributed by atoms with Crippen molar-refractivity contribution in [3.63, 3.8) is 0 Å². The van der Waals surface area contributed by atoms with Crippen LogP contribution in [0.5, 0.6) is 0 Å². The van der Waals surface area contributed by atoms with Gasteiger partial charge in [-0.15, -0.1) is 0 Å². The molecule has 21 heavy (non-hydrogen) atoms. The summed E-state index contributed by atoms with van der Waals surface area (Å²) < 4.78 is 2.40. The molecular formula is C19H23N2+. The summed E-state index contributed by atoms with van der Waals surface area (Å²) in [5.74, 6) is 0. The van der Waals surface area contributed by atoms with Crippen molar-refractivity contribution in [2.75, 3.05) is 0 Å². The molecule has 1 aliphatic rings. The summed E-state index contributed by atoms with van der Waals surface area (Å²) in [5.41, 5.74) is 7.13. The minimum absolute atomic E-state index is 0.0240. The van der Waals surface area contributed by atoms with Crippen molar-refractivity contribution in [2.24, 2.45) is 0 Å². The Hall–Kier alpha value is -1.96. The number of aryl methyl sites for hydroxylation is 2. The van der Waals surface area contributed by atoms with Crippen molar-refractivity contribution in [3.05, 3.63) is 54.0 Å². The van der Waals surface area contributed by atoms with Gasteiger partial charge in [-0.25, -0.2) is 0 Å². The topological polar surface area (TPSA) is 16.8 Å². The lowest BCUT2D eigenvalue weighted by Gasteiger charge is -2.35. The molecule has 0 bridgehead atoms. The highest BCUT2D eigenvalue weighted by Crippen LogP contribution is 2.44. The van der Waals surface area contributed by atoms with Crippen molar-refractivity contribution in [3.8, 4) is 11.3 Å². The second-order valence-corrected chi connectivity index (χ2v) is 5.94. The number of hydrogen-bond donors (Lipinski definition) is 0. The molecule has 0 amide bonds. The van der Waals surface area contributed by atoms with Gasteiger partial charge in [-0.2, -0.15) is 4.57 Å². The Bertz CT molecular complexity index is 724.